The zero-order chi connectivity index (χ0) is 14.9. The largest absolute Gasteiger partial charge is 0.395 e. The normalized spacial score (nSPS) is 18.9. The van der Waals surface area contributed by atoms with Crippen molar-refractivity contribution in [1.82, 2.24) is 20.0 Å². The Kier molecular flexibility index (Phi) is 3.93. The average molecular weight is 281 g/mol. The lowest BCUT2D eigenvalue weighted by Crippen LogP contribution is -2.55. The molecule has 0 spiro atoms. The van der Waals surface area contributed by atoms with Crippen molar-refractivity contribution in [2.75, 3.05) is 32.5 Å². The number of ether oxygens (including phenoxy) is 1. The lowest BCUT2D eigenvalue weighted by molar-refractivity contribution is -0.130. The minimum absolute atomic E-state index is 0.183. The van der Waals surface area contributed by atoms with E-state index in [1.54, 1.807) is 14.0 Å². The molecule has 110 valence electrons. The molecule has 0 bridgehead atoms. The number of aromatic nitrogens is 2. The van der Waals surface area contributed by atoms with E-state index in [2.05, 4.69) is 10.4 Å². The molecule has 0 aliphatic carbocycles. The fourth-order valence-corrected chi connectivity index (χ4v) is 2.29. The van der Waals surface area contributed by atoms with Crippen LogP contribution in [0.3, 0.4) is 0 Å². The molecule has 2 heterocycles. The highest BCUT2D eigenvalue weighted by Crippen LogP contribution is 2.20. The lowest BCUT2D eigenvalue weighted by Gasteiger charge is -2.34. The number of rotatable bonds is 2. The molecule has 20 heavy (non-hydrogen) atoms. The van der Waals surface area contributed by atoms with Crippen molar-refractivity contribution >= 4 is 17.5 Å². The molecule has 1 aromatic rings. The van der Waals surface area contributed by atoms with Gasteiger partial charge in [-0.2, -0.15) is 5.10 Å². The molecular formula is C12H19N5O3. The number of likely N-dealkylation sites (N-methyl/N-ethyl adjacent to an activating group) is 1. The Morgan fingerprint density at radius 2 is 2.20 bits per heavy atom. The van der Waals surface area contributed by atoms with Crippen LogP contribution in [-0.4, -0.2) is 59.3 Å². The Labute approximate surface area is 116 Å². The topological polar surface area (TPSA) is 102 Å². The van der Waals surface area contributed by atoms with Crippen molar-refractivity contribution in [2.45, 2.75) is 13.0 Å². The average Bonchev–Trinajstić information content (AvgIpc) is 2.70. The molecule has 0 saturated carbocycles. The fraction of sp³-hybridized carbons (Fsp3) is 0.583. The number of morpholine rings is 1. The number of carbonyl (C=O) groups is 2. The molecule has 0 aromatic carbocycles. The molecule has 1 atom stereocenters. The van der Waals surface area contributed by atoms with Gasteiger partial charge in [0.15, 0.2) is 0 Å². The van der Waals surface area contributed by atoms with Gasteiger partial charge in [-0.15, -0.1) is 0 Å². The molecule has 3 N–H and O–H groups in total. The lowest BCUT2D eigenvalue weighted by atomic mass is 10.1. The van der Waals surface area contributed by atoms with E-state index in [-0.39, 0.29) is 18.4 Å². The molecular weight excluding hydrogens is 262 g/mol. The number of hydrogen-bond donors (Lipinski definition) is 2. The van der Waals surface area contributed by atoms with Crippen LogP contribution in [0.15, 0.2) is 0 Å². The maximum absolute atomic E-state index is 12.6. The second kappa shape index (κ2) is 5.49. The zero-order valence-corrected chi connectivity index (χ0v) is 11.8. The van der Waals surface area contributed by atoms with Crippen molar-refractivity contribution in [3.05, 3.63) is 11.4 Å². The first kappa shape index (κ1) is 14.3. The van der Waals surface area contributed by atoms with Crippen molar-refractivity contribution in [3.8, 4) is 0 Å². The number of nitrogen functional groups attached to an aromatic ring is 1. The second-order valence-electron chi connectivity index (χ2n) is 4.67. The highest BCUT2D eigenvalue weighted by Gasteiger charge is 2.35. The van der Waals surface area contributed by atoms with Crippen LogP contribution >= 0.6 is 0 Å². The van der Waals surface area contributed by atoms with Crippen LogP contribution in [-0.2, 0) is 16.6 Å². The van der Waals surface area contributed by atoms with E-state index < -0.39 is 6.04 Å². The molecule has 2 rings (SSSR count). The smallest absolute Gasteiger partial charge is 0.275 e. The van der Waals surface area contributed by atoms with Crippen LogP contribution in [0.2, 0.25) is 0 Å². The summed E-state index contributed by atoms with van der Waals surface area (Å²) in [5.41, 5.74) is 7.15. The molecule has 1 aromatic heterocycles. The number of aryl methyl sites for hydroxylation is 2. The van der Waals surface area contributed by atoms with Gasteiger partial charge in [-0.1, -0.05) is 0 Å². The number of carbonyl (C=O) groups excluding carboxylic acids is 2. The van der Waals surface area contributed by atoms with Gasteiger partial charge in [0.25, 0.3) is 5.91 Å². The highest BCUT2D eigenvalue weighted by atomic mass is 16.5. The van der Waals surface area contributed by atoms with Crippen LogP contribution < -0.4 is 11.1 Å². The van der Waals surface area contributed by atoms with Gasteiger partial charge in [-0.05, 0) is 6.92 Å². The predicted octanol–water partition coefficient (Wildman–Crippen LogP) is -1.10. The minimum Gasteiger partial charge on any atom is -0.395 e. The third-order valence-corrected chi connectivity index (χ3v) is 3.41. The van der Waals surface area contributed by atoms with Crippen molar-refractivity contribution < 1.29 is 14.3 Å². The first-order valence-corrected chi connectivity index (χ1v) is 6.36. The minimum atomic E-state index is -0.643. The highest BCUT2D eigenvalue weighted by molar-refractivity contribution is 6.00. The number of hydrogen-bond acceptors (Lipinski definition) is 5. The maximum Gasteiger partial charge on any atom is 0.275 e. The van der Waals surface area contributed by atoms with Crippen LogP contribution in [0.1, 0.15) is 16.2 Å². The summed E-state index contributed by atoms with van der Waals surface area (Å²) in [4.78, 5) is 26.0. The summed E-state index contributed by atoms with van der Waals surface area (Å²) in [5.74, 6) is -0.557. The fourth-order valence-electron chi connectivity index (χ4n) is 2.29. The molecule has 8 nitrogen and oxygen atoms in total. The van der Waals surface area contributed by atoms with Crippen LogP contribution in [0.4, 0.5) is 5.69 Å². The molecule has 1 unspecified atom stereocenters. The Hall–Kier alpha value is -2.09. The van der Waals surface area contributed by atoms with Gasteiger partial charge in [0.1, 0.15) is 11.7 Å². The molecule has 1 aliphatic rings. The molecule has 2 amide bonds. The van der Waals surface area contributed by atoms with Gasteiger partial charge in [-0.3, -0.25) is 14.3 Å². The Morgan fingerprint density at radius 3 is 2.75 bits per heavy atom. The van der Waals surface area contributed by atoms with Crippen molar-refractivity contribution in [3.63, 3.8) is 0 Å². The first-order valence-electron chi connectivity index (χ1n) is 6.36. The van der Waals surface area contributed by atoms with Gasteiger partial charge in [0.2, 0.25) is 5.91 Å². The standard InChI is InChI=1S/C12H19N5O3/c1-7-9(13)10(16(3)15-7)12(19)17-4-5-20-6-8(17)11(18)14-2/h8H,4-6,13H2,1-3H3,(H,14,18). The Morgan fingerprint density at radius 1 is 1.50 bits per heavy atom. The zero-order valence-electron chi connectivity index (χ0n) is 11.8. The Bertz CT molecular complexity index is 539. The molecule has 1 fully saturated rings. The van der Waals surface area contributed by atoms with Crippen LogP contribution in [0.25, 0.3) is 0 Å². The molecule has 8 heteroatoms. The summed E-state index contributed by atoms with van der Waals surface area (Å²) < 4.78 is 6.73. The predicted molar refractivity (Wildman–Crippen MR) is 72.1 cm³/mol. The molecule has 1 saturated heterocycles. The number of anilines is 1. The summed E-state index contributed by atoms with van der Waals surface area (Å²) in [7, 11) is 3.19. The monoisotopic (exact) mass is 281 g/mol. The van der Waals surface area contributed by atoms with E-state index in [0.29, 0.717) is 30.2 Å². The first-order chi connectivity index (χ1) is 9.47. The van der Waals surface area contributed by atoms with E-state index >= 15 is 0 Å². The number of nitrogens with zero attached hydrogens (tertiary/aromatic N) is 3. The van der Waals surface area contributed by atoms with Gasteiger partial charge < -0.3 is 20.7 Å². The van der Waals surface area contributed by atoms with Crippen LogP contribution in [0, 0.1) is 6.92 Å². The van der Waals surface area contributed by atoms with Crippen molar-refractivity contribution in [2.24, 2.45) is 7.05 Å². The second-order valence-corrected chi connectivity index (χ2v) is 4.67. The van der Waals surface area contributed by atoms with Crippen LogP contribution in [0.5, 0.6) is 0 Å². The van der Waals surface area contributed by atoms with Gasteiger partial charge in [0, 0.05) is 20.6 Å². The van der Waals surface area contributed by atoms with E-state index in [9.17, 15) is 9.59 Å². The number of amides is 2. The summed E-state index contributed by atoms with van der Waals surface area (Å²) in [6, 6.07) is -0.643. The summed E-state index contributed by atoms with van der Waals surface area (Å²) in [6.45, 7) is 2.67. The summed E-state index contributed by atoms with van der Waals surface area (Å²) >= 11 is 0. The summed E-state index contributed by atoms with van der Waals surface area (Å²) in [5, 5.41) is 6.67. The Balaban J connectivity index is 2.32. The molecule has 0 radical (unpaired) electrons. The van der Waals surface area contributed by atoms with E-state index in [1.165, 1.54) is 16.6 Å². The summed E-state index contributed by atoms with van der Waals surface area (Å²) in [6.07, 6.45) is 0. The van der Waals surface area contributed by atoms with E-state index in [1.807, 2.05) is 0 Å². The van der Waals surface area contributed by atoms with Crippen molar-refractivity contribution in [1.29, 1.82) is 0 Å². The molecule has 1 aliphatic heterocycles. The van der Waals surface area contributed by atoms with Gasteiger partial charge >= 0.3 is 0 Å². The van der Waals surface area contributed by atoms with Gasteiger partial charge in [-0.25, -0.2) is 0 Å². The van der Waals surface area contributed by atoms with E-state index in [4.69, 9.17) is 10.5 Å². The van der Waals surface area contributed by atoms with E-state index in [0.717, 1.165) is 0 Å². The van der Waals surface area contributed by atoms with Gasteiger partial charge in [0.05, 0.1) is 24.6 Å². The quantitative estimate of drug-likeness (QED) is 0.716. The SMILES string of the molecule is CNC(=O)C1COCCN1C(=O)c1c(N)c(C)nn1C. The third kappa shape index (κ3) is 2.34. The maximum atomic E-state index is 12.6. The number of nitrogens with two attached hydrogens (primary N) is 1. The number of nitrogens with one attached hydrogen (secondary N) is 1. The third-order valence-electron chi connectivity index (χ3n) is 3.41.